The van der Waals surface area contributed by atoms with E-state index < -0.39 is 0 Å². The van der Waals surface area contributed by atoms with Crippen LogP contribution in [-0.4, -0.2) is 40.4 Å². The van der Waals surface area contributed by atoms with E-state index >= 15 is 0 Å². The number of fused-ring (bicyclic) bond motifs is 1. The molecule has 0 spiro atoms. The number of alkyl halides is 1. The lowest BCUT2D eigenvalue weighted by atomic mass is 9.83. The van der Waals surface area contributed by atoms with Crippen molar-refractivity contribution >= 4 is 17.4 Å². The van der Waals surface area contributed by atoms with E-state index in [-0.39, 0.29) is 28.8 Å². The molecule has 0 aromatic rings. The Morgan fingerprint density at radius 1 is 1.50 bits per heavy atom. The van der Waals surface area contributed by atoms with Crippen LogP contribution in [0.3, 0.4) is 0 Å². The second-order valence-electron chi connectivity index (χ2n) is 7.52. The number of hydrogen-bond acceptors (Lipinski definition) is 3. The van der Waals surface area contributed by atoms with Gasteiger partial charge in [-0.25, -0.2) is 9.38 Å². The molecule has 0 aliphatic carbocycles. The summed E-state index contributed by atoms with van der Waals surface area (Å²) in [6.07, 6.45) is 7.05. The molecule has 0 saturated carbocycles. The predicted octanol–water partition coefficient (Wildman–Crippen LogP) is 3.84. The molecule has 0 amide bonds. The highest BCUT2D eigenvalue weighted by molar-refractivity contribution is 6.22. The number of amidine groups is 1. The number of piperidine rings is 1. The van der Waals surface area contributed by atoms with Gasteiger partial charge in [0.25, 0.3) is 0 Å². The SMILES string of the molecule is CCC1C=C(F)C(NC2CC3CCCN3C(C)(C)C2)=NC1Cl. The second kappa shape index (κ2) is 6.12. The Morgan fingerprint density at radius 2 is 2.27 bits per heavy atom. The maximum Gasteiger partial charge on any atom is 0.161 e. The molecule has 3 heterocycles. The van der Waals surface area contributed by atoms with Gasteiger partial charge in [-0.2, -0.15) is 0 Å². The lowest BCUT2D eigenvalue weighted by Gasteiger charge is -2.48. The van der Waals surface area contributed by atoms with Gasteiger partial charge in [0.1, 0.15) is 5.50 Å². The molecule has 3 aliphatic rings. The summed E-state index contributed by atoms with van der Waals surface area (Å²) in [4.78, 5) is 6.98. The van der Waals surface area contributed by atoms with E-state index in [0.717, 1.165) is 19.3 Å². The van der Waals surface area contributed by atoms with E-state index in [4.69, 9.17) is 11.6 Å². The first kappa shape index (κ1) is 16.3. The van der Waals surface area contributed by atoms with Crippen LogP contribution in [0.1, 0.15) is 52.9 Å². The van der Waals surface area contributed by atoms with Crippen molar-refractivity contribution < 1.29 is 4.39 Å². The fraction of sp³-hybridized carbons (Fsp3) is 0.824. The van der Waals surface area contributed by atoms with Crippen molar-refractivity contribution in [2.75, 3.05) is 6.54 Å². The molecule has 0 aromatic heterocycles. The Kier molecular flexibility index (Phi) is 4.52. The summed E-state index contributed by atoms with van der Waals surface area (Å²) in [5.41, 5.74) is -0.190. The largest absolute Gasteiger partial charge is 0.365 e. The molecule has 0 aromatic carbocycles. The predicted molar refractivity (Wildman–Crippen MR) is 90.0 cm³/mol. The highest BCUT2D eigenvalue weighted by atomic mass is 35.5. The zero-order valence-corrected chi connectivity index (χ0v) is 14.5. The monoisotopic (exact) mass is 327 g/mol. The summed E-state index contributed by atoms with van der Waals surface area (Å²) in [5, 5.41) is 3.35. The highest BCUT2D eigenvalue weighted by Gasteiger charge is 2.43. The van der Waals surface area contributed by atoms with Crippen LogP contribution < -0.4 is 5.32 Å². The van der Waals surface area contributed by atoms with E-state index in [1.54, 1.807) is 6.08 Å². The van der Waals surface area contributed by atoms with Crippen LogP contribution in [0.15, 0.2) is 16.9 Å². The fourth-order valence-corrected chi connectivity index (χ4v) is 4.71. The summed E-state index contributed by atoms with van der Waals surface area (Å²) in [6.45, 7) is 7.80. The van der Waals surface area contributed by atoms with Crippen LogP contribution in [0.25, 0.3) is 0 Å². The van der Waals surface area contributed by atoms with Crippen molar-refractivity contribution in [1.82, 2.24) is 10.2 Å². The quantitative estimate of drug-likeness (QED) is 0.616. The molecule has 4 atom stereocenters. The Labute approximate surface area is 138 Å². The van der Waals surface area contributed by atoms with Crippen LogP contribution in [0.5, 0.6) is 0 Å². The normalized spacial score (nSPS) is 38.2. The summed E-state index contributed by atoms with van der Waals surface area (Å²) in [5.74, 6) is 0.118. The molecule has 3 nitrogen and oxygen atoms in total. The molecule has 124 valence electrons. The molecule has 3 rings (SSSR count). The number of rotatable bonds is 2. The van der Waals surface area contributed by atoms with Gasteiger partial charge in [-0.1, -0.05) is 18.5 Å². The standard InChI is InChI=1S/C17H27ClFN3/c1-4-11-8-14(19)16(21-15(11)18)20-12-9-13-6-5-7-22(13)17(2,3)10-12/h8,11-13,15H,4-7,9-10H2,1-3H3,(H,20,21). The Bertz CT molecular complexity index is 488. The molecule has 2 fully saturated rings. The highest BCUT2D eigenvalue weighted by Crippen LogP contribution is 2.38. The van der Waals surface area contributed by atoms with E-state index in [0.29, 0.717) is 11.9 Å². The zero-order chi connectivity index (χ0) is 15.9. The average molecular weight is 328 g/mol. The molecule has 5 heteroatoms. The van der Waals surface area contributed by atoms with Crippen LogP contribution in [0, 0.1) is 5.92 Å². The summed E-state index contributed by atoms with van der Waals surface area (Å²) >= 11 is 6.26. The summed E-state index contributed by atoms with van der Waals surface area (Å²) in [6, 6.07) is 0.891. The molecular weight excluding hydrogens is 301 g/mol. The van der Waals surface area contributed by atoms with Crippen molar-refractivity contribution in [3.63, 3.8) is 0 Å². The third kappa shape index (κ3) is 3.05. The number of aliphatic imine (C=N–C) groups is 1. The molecule has 0 radical (unpaired) electrons. The molecule has 3 aliphatic heterocycles. The smallest absolute Gasteiger partial charge is 0.161 e. The topological polar surface area (TPSA) is 27.6 Å². The number of halogens is 2. The van der Waals surface area contributed by atoms with Gasteiger partial charge in [-0.05, 0) is 58.6 Å². The van der Waals surface area contributed by atoms with Crippen LogP contribution in [-0.2, 0) is 0 Å². The van der Waals surface area contributed by atoms with Crippen LogP contribution in [0.2, 0.25) is 0 Å². The maximum absolute atomic E-state index is 14.3. The van der Waals surface area contributed by atoms with Gasteiger partial charge in [-0.3, -0.25) is 4.90 Å². The van der Waals surface area contributed by atoms with E-state index in [9.17, 15) is 4.39 Å². The Hall–Kier alpha value is -0.610. The number of hydrogen-bond donors (Lipinski definition) is 1. The van der Waals surface area contributed by atoms with Gasteiger partial charge in [0.05, 0.1) is 0 Å². The molecule has 1 N–H and O–H groups in total. The van der Waals surface area contributed by atoms with Gasteiger partial charge >= 0.3 is 0 Å². The zero-order valence-electron chi connectivity index (χ0n) is 13.8. The Morgan fingerprint density at radius 3 is 3.00 bits per heavy atom. The molecular formula is C17H27ClFN3. The second-order valence-corrected chi connectivity index (χ2v) is 7.97. The van der Waals surface area contributed by atoms with Crippen LogP contribution >= 0.6 is 11.6 Å². The van der Waals surface area contributed by atoms with Gasteiger partial charge in [0.2, 0.25) is 0 Å². The average Bonchev–Trinajstić information content (AvgIpc) is 2.91. The van der Waals surface area contributed by atoms with E-state index in [1.807, 2.05) is 6.92 Å². The van der Waals surface area contributed by atoms with Crippen molar-refractivity contribution in [3.8, 4) is 0 Å². The van der Waals surface area contributed by atoms with Gasteiger partial charge in [-0.15, -0.1) is 0 Å². The first-order chi connectivity index (χ1) is 10.4. The first-order valence-corrected chi connectivity index (χ1v) is 8.97. The third-order valence-corrected chi connectivity index (χ3v) is 5.88. The van der Waals surface area contributed by atoms with Gasteiger partial charge in [0, 0.05) is 23.5 Å². The van der Waals surface area contributed by atoms with Crippen LogP contribution in [0.4, 0.5) is 4.39 Å². The van der Waals surface area contributed by atoms with E-state index in [1.165, 1.54) is 19.4 Å². The molecule has 0 bridgehead atoms. The van der Waals surface area contributed by atoms with Crippen molar-refractivity contribution in [2.24, 2.45) is 10.9 Å². The van der Waals surface area contributed by atoms with Crippen molar-refractivity contribution in [1.29, 1.82) is 0 Å². The van der Waals surface area contributed by atoms with E-state index in [2.05, 4.69) is 29.1 Å². The Balaban J connectivity index is 1.70. The molecule has 4 unspecified atom stereocenters. The lowest BCUT2D eigenvalue weighted by Crippen LogP contribution is -2.57. The van der Waals surface area contributed by atoms with Crippen molar-refractivity contribution in [2.45, 2.75) is 76.0 Å². The summed E-state index contributed by atoms with van der Waals surface area (Å²) in [7, 11) is 0. The number of nitrogens with one attached hydrogen (secondary N) is 1. The first-order valence-electron chi connectivity index (χ1n) is 8.53. The lowest BCUT2D eigenvalue weighted by molar-refractivity contribution is 0.0419. The third-order valence-electron chi connectivity index (χ3n) is 5.46. The molecule has 22 heavy (non-hydrogen) atoms. The minimum atomic E-state index is -0.355. The molecule has 2 saturated heterocycles. The van der Waals surface area contributed by atoms with Gasteiger partial charge in [0.15, 0.2) is 11.7 Å². The summed E-state index contributed by atoms with van der Waals surface area (Å²) < 4.78 is 14.3. The minimum absolute atomic E-state index is 0.000312. The fourth-order valence-electron chi connectivity index (χ4n) is 4.36. The number of dihydropyridines is 1. The van der Waals surface area contributed by atoms with Gasteiger partial charge < -0.3 is 5.32 Å². The van der Waals surface area contributed by atoms with Crippen molar-refractivity contribution in [3.05, 3.63) is 11.9 Å². The maximum atomic E-state index is 14.3. The number of nitrogens with zero attached hydrogens (tertiary/aromatic N) is 2. The minimum Gasteiger partial charge on any atom is -0.365 e.